The number of pyridine rings is 1. The Labute approximate surface area is 112 Å². The lowest BCUT2D eigenvalue weighted by Gasteiger charge is -2.28. The van der Waals surface area contributed by atoms with Gasteiger partial charge < -0.3 is 19.2 Å². The summed E-state index contributed by atoms with van der Waals surface area (Å²) in [6, 6.07) is 5.96. The lowest BCUT2D eigenvalue weighted by molar-refractivity contribution is -0.0719. The van der Waals surface area contributed by atoms with Gasteiger partial charge in [-0.15, -0.1) is 0 Å². The van der Waals surface area contributed by atoms with E-state index in [0.717, 1.165) is 24.4 Å². The smallest absolute Gasteiger partial charge is 0.137 e. The van der Waals surface area contributed by atoms with Crippen LogP contribution >= 0.6 is 0 Å². The molecule has 0 aromatic carbocycles. The van der Waals surface area contributed by atoms with Gasteiger partial charge in [0, 0.05) is 25.5 Å². The third-order valence-electron chi connectivity index (χ3n) is 3.20. The second kappa shape index (κ2) is 5.69. The predicted octanol–water partition coefficient (Wildman–Crippen LogP) is 1.23. The number of fused-ring (bicyclic) bond motifs is 1. The van der Waals surface area contributed by atoms with Gasteiger partial charge in [-0.05, 0) is 19.1 Å². The molecule has 2 aromatic rings. The van der Waals surface area contributed by atoms with Crippen molar-refractivity contribution in [1.29, 1.82) is 0 Å². The van der Waals surface area contributed by atoms with Crippen molar-refractivity contribution in [3.8, 4) is 0 Å². The van der Waals surface area contributed by atoms with E-state index < -0.39 is 0 Å². The van der Waals surface area contributed by atoms with Crippen molar-refractivity contribution in [2.75, 3.05) is 19.7 Å². The first-order valence-electron chi connectivity index (χ1n) is 6.68. The summed E-state index contributed by atoms with van der Waals surface area (Å²) in [5.41, 5.74) is 1.90. The average molecular weight is 261 g/mol. The lowest BCUT2D eigenvalue weighted by atomic mass is 10.2. The van der Waals surface area contributed by atoms with Gasteiger partial charge in [-0.3, -0.25) is 0 Å². The highest BCUT2D eigenvalue weighted by molar-refractivity contribution is 5.39. The second-order valence-electron chi connectivity index (χ2n) is 4.94. The molecule has 0 radical (unpaired) electrons. The molecule has 2 aromatic heterocycles. The van der Waals surface area contributed by atoms with Crippen LogP contribution in [0.2, 0.25) is 0 Å². The maximum absolute atomic E-state index is 5.77. The molecule has 0 amide bonds. The van der Waals surface area contributed by atoms with E-state index in [1.165, 1.54) is 0 Å². The molecule has 0 aliphatic carbocycles. The molecule has 2 unspecified atom stereocenters. The Bertz CT molecular complexity index is 507. The van der Waals surface area contributed by atoms with E-state index in [2.05, 4.69) is 17.2 Å². The number of nitrogens with one attached hydrogen (secondary N) is 1. The van der Waals surface area contributed by atoms with E-state index in [9.17, 15) is 0 Å². The standard InChI is InChI=1S/C14H19N3O2/c1-11-6-15-7-13(19-11)10-18-9-12-8-17-5-3-2-4-14(17)16-12/h2-5,8,11,13,15H,6-7,9-10H2,1H3. The molecular formula is C14H19N3O2. The van der Waals surface area contributed by atoms with Gasteiger partial charge in [0.1, 0.15) is 5.65 Å². The van der Waals surface area contributed by atoms with Crippen molar-refractivity contribution < 1.29 is 9.47 Å². The molecule has 3 rings (SSSR count). The molecule has 0 spiro atoms. The van der Waals surface area contributed by atoms with E-state index in [4.69, 9.17) is 9.47 Å². The Morgan fingerprint density at radius 2 is 2.42 bits per heavy atom. The van der Waals surface area contributed by atoms with Crippen LogP contribution in [0.15, 0.2) is 30.6 Å². The number of hydrogen-bond acceptors (Lipinski definition) is 4. The van der Waals surface area contributed by atoms with E-state index in [1.807, 2.05) is 35.0 Å². The molecule has 1 aliphatic rings. The summed E-state index contributed by atoms with van der Waals surface area (Å²) in [4.78, 5) is 4.49. The number of aromatic nitrogens is 2. The van der Waals surface area contributed by atoms with Crippen LogP contribution in [0, 0.1) is 0 Å². The molecule has 102 valence electrons. The van der Waals surface area contributed by atoms with Crippen LogP contribution in [0.3, 0.4) is 0 Å². The van der Waals surface area contributed by atoms with Crippen molar-refractivity contribution >= 4 is 5.65 Å². The maximum Gasteiger partial charge on any atom is 0.137 e. The summed E-state index contributed by atoms with van der Waals surface area (Å²) < 4.78 is 13.5. The number of rotatable bonds is 4. The van der Waals surface area contributed by atoms with Crippen molar-refractivity contribution in [3.05, 3.63) is 36.3 Å². The zero-order valence-electron chi connectivity index (χ0n) is 11.1. The van der Waals surface area contributed by atoms with Gasteiger partial charge in [-0.2, -0.15) is 0 Å². The van der Waals surface area contributed by atoms with Crippen LogP contribution in [0.5, 0.6) is 0 Å². The summed E-state index contributed by atoms with van der Waals surface area (Å²) in [6.07, 6.45) is 4.39. The van der Waals surface area contributed by atoms with Crippen LogP contribution in [-0.4, -0.2) is 41.3 Å². The molecule has 0 saturated carbocycles. The Morgan fingerprint density at radius 1 is 1.47 bits per heavy atom. The van der Waals surface area contributed by atoms with E-state index >= 15 is 0 Å². The molecule has 1 N–H and O–H groups in total. The molecule has 5 nitrogen and oxygen atoms in total. The minimum Gasteiger partial charge on any atom is -0.372 e. The number of morpholine rings is 1. The summed E-state index contributed by atoms with van der Waals surface area (Å²) in [5.74, 6) is 0. The quantitative estimate of drug-likeness (QED) is 0.899. The van der Waals surface area contributed by atoms with Gasteiger partial charge >= 0.3 is 0 Å². The molecule has 19 heavy (non-hydrogen) atoms. The number of ether oxygens (including phenoxy) is 2. The Hall–Kier alpha value is -1.43. The first-order valence-corrected chi connectivity index (χ1v) is 6.68. The van der Waals surface area contributed by atoms with Crippen LogP contribution in [0.4, 0.5) is 0 Å². The normalized spacial score (nSPS) is 23.8. The molecule has 2 atom stereocenters. The van der Waals surface area contributed by atoms with E-state index in [-0.39, 0.29) is 12.2 Å². The minimum absolute atomic E-state index is 0.140. The first kappa shape index (κ1) is 12.6. The highest BCUT2D eigenvalue weighted by Gasteiger charge is 2.18. The van der Waals surface area contributed by atoms with Gasteiger partial charge in [-0.1, -0.05) is 6.07 Å². The second-order valence-corrected chi connectivity index (χ2v) is 4.94. The summed E-state index contributed by atoms with van der Waals surface area (Å²) >= 11 is 0. The Morgan fingerprint density at radius 3 is 3.26 bits per heavy atom. The lowest BCUT2D eigenvalue weighted by Crippen LogP contribution is -2.45. The Kier molecular flexibility index (Phi) is 3.77. The fourth-order valence-corrected chi connectivity index (χ4v) is 2.32. The maximum atomic E-state index is 5.77. The topological polar surface area (TPSA) is 47.8 Å². The molecule has 0 bridgehead atoms. The van der Waals surface area contributed by atoms with Crippen LogP contribution < -0.4 is 5.32 Å². The summed E-state index contributed by atoms with van der Waals surface area (Å²) in [5, 5.41) is 3.33. The van der Waals surface area contributed by atoms with E-state index in [0.29, 0.717) is 13.2 Å². The van der Waals surface area contributed by atoms with Crippen LogP contribution in [0.25, 0.3) is 5.65 Å². The van der Waals surface area contributed by atoms with Gasteiger partial charge in [0.15, 0.2) is 0 Å². The molecule has 1 saturated heterocycles. The van der Waals surface area contributed by atoms with Gasteiger partial charge in [0.2, 0.25) is 0 Å². The zero-order chi connectivity index (χ0) is 13.1. The third-order valence-corrected chi connectivity index (χ3v) is 3.20. The molecular weight excluding hydrogens is 242 g/mol. The van der Waals surface area contributed by atoms with Crippen LogP contribution in [0.1, 0.15) is 12.6 Å². The Balaban J connectivity index is 1.51. The monoisotopic (exact) mass is 261 g/mol. The highest BCUT2D eigenvalue weighted by atomic mass is 16.5. The molecule has 1 fully saturated rings. The number of imidazole rings is 1. The molecule has 5 heteroatoms. The highest BCUT2D eigenvalue weighted by Crippen LogP contribution is 2.08. The predicted molar refractivity (Wildman–Crippen MR) is 72.1 cm³/mol. The minimum atomic E-state index is 0.140. The SMILES string of the molecule is CC1CNCC(COCc2cn3ccccc3n2)O1. The average Bonchev–Trinajstić information content (AvgIpc) is 2.81. The molecule has 1 aliphatic heterocycles. The number of nitrogens with zero attached hydrogens (tertiary/aromatic N) is 2. The van der Waals surface area contributed by atoms with Gasteiger partial charge in [-0.25, -0.2) is 4.98 Å². The van der Waals surface area contributed by atoms with Crippen molar-refractivity contribution in [2.24, 2.45) is 0 Å². The van der Waals surface area contributed by atoms with Crippen LogP contribution in [-0.2, 0) is 16.1 Å². The third kappa shape index (κ3) is 3.12. The van der Waals surface area contributed by atoms with E-state index in [1.54, 1.807) is 0 Å². The van der Waals surface area contributed by atoms with Crippen molar-refractivity contribution in [3.63, 3.8) is 0 Å². The number of hydrogen-bond donors (Lipinski definition) is 1. The fourth-order valence-electron chi connectivity index (χ4n) is 2.32. The zero-order valence-corrected chi connectivity index (χ0v) is 11.1. The molecule has 3 heterocycles. The first-order chi connectivity index (χ1) is 9.31. The fraction of sp³-hybridized carbons (Fsp3) is 0.500. The van der Waals surface area contributed by atoms with Crippen molar-refractivity contribution in [1.82, 2.24) is 14.7 Å². The summed E-state index contributed by atoms with van der Waals surface area (Å²) in [7, 11) is 0. The van der Waals surface area contributed by atoms with Crippen molar-refractivity contribution in [2.45, 2.75) is 25.7 Å². The van der Waals surface area contributed by atoms with Gasteiger partial charge in [0.05, 0.1) is 31.1 Å². The van der Waals surface area contributed by atoms with Gasteiger partial charge in [0.25, 0.3) is 0 Å². The largest absolute Gasteiger partial charge is 0.372 e. The summed E-state index contributed by atoms with van der Waals surface area (Å²) in [6.45, 7) is 4.97.